The number of alkyl halides is 1. The van der Waals surface area contributed by atoms with Gasteiger partial charge in [-0.05, 0) is 36.8 Å². The molecule has 0 bridgehead atoms. The summed E-state index contributed by atoms with van der Waals surface area (Å²) >= 11 is 5.52. The SMILES string of the molecule is O=C(CCl)Nc1ccc2c(c1)N(CCCOc1ccccc1)C(=O)CO2. The van der Waals surface area contributed by atoms with Gasteiger partial charge in [-0.3, -0.25) is 9.59 Å². The Kier molecular flexibility index (Phi) is 5.96. The smallest absolute Gasteiger partial charge is 0.265 e. The topological polar surface area (TPSA) is 67.9 Å². The molecule has 0 saturated carbocycles. The number of fused-ring (bicyclic) bond motifs is 1. The van der Waals surface area contributed by atoms with Crippen LogP contribution in [0.15, 0.2) is 48.5 Å². The van der Waals surface area contributed by atoms with Crippen molar-refractivity contribution >= 4 is 34.8 Å². The van der Waals surface area contributed by atoms with E-state index >= 15 is 0 Å². The van der Waals surface area contributed by atoms with Crippen molar-refractivity contribution < 1.29 is 19.1 Å². The van der Waals surface area contributed by atoms with E-state index in [4.69, 9.17) is 21.1 Å². The summed E-state index contributed by atoms with van der Waals surface area (Å²) in [6, 6.07) is 14.7. The van der Waals surface area contributed by atoms with Crippen molar-refractivity contribution in [2.24, 2.45) is 0 Å². The highest BCUT2D eigenvalue weighted by atomic mass is 35.5. The number of nitrogens with zero attached hydrogens (tertiary/aromatic N) is 1. The molecule has 136 valence electrons. The first-order valence-corrected chi connectivity index (χ1v) is 8.81. The summed E-state index contributed by atoms with van der Waals surface area (Å²) in [5, 5.41) is 2.68. The minimum atomic E-state index is -0.308. The van der Waals surface area contributed by atoms with Gasteiger partial charge in [-0.1, -0.05) is 18.2 Å². The summed E-state index contributed by atoms with van der Waals surface area (Å²) in [5.74, 6) is 0.841. The number of benzene rings is 2. The average molecular weight is 375 g/mol. The number of carbonyl (C=O) groups excluding carboxylic acids is 2. The predicted octanol–water partition coefficient (Wildman–Crippen LogP) is 3.06. The highest BCUT2D eigenvalue weighted by Gasteiger charge is 2.25. The third kappa shape index (κ3) is 4.46. The van der Waals surface area contributed by atoms with Gasteiger partial charge in [-0.25, -0.2) is 0 Å². The van der Waals surface area contributed by atoms with Crippen LogP contribution in [-0.4, -0.2) is 37.5 Å². The van der Waals surface area contributed by atoms with Gasteiger partial charge in [-0.2, -0.15) is 0 Å². The fourth-order valence-corrected chi connectivity index (χ4v) is 2.72. The second kappa shape index (κ2) is 8.58. The Balaban J connectivity index is 1.64. The van der Waals surface area contributed by atoms with Gasteiger partial charge in [0.25, 0.3) is 5.91 Å². The maximum atomic E-state index is 12.3. The molecule has 1 aliphatic rings. The zero-order valence-electron chi connectivity index (χ0n) is 14.1. The van der Waals surface area contributed by atoms with Gasteiger partial charge in [0.05, 0.1) is 12.3 Å². The maximum Gasteiger partial charge on any atom is 0.265 e. The van der Waals surface area contributed by atoms with Crippen molar-refractivity contribution in [2.75, 3.05) is 35.9 Å². The van der Waals surface area contributed by atoms with Gasteiger partial charge < -0.3 is 19.7 Å². The zero-order valence-corrected chi connectivity index (χ0v) is 14.9. The molecule has 1 aliphatic heterocycles. The van der Waals surface area contributed by atoms with Crippen LogP contribution >= 0.6 is 11.6 Å². The number of hydrogen-bond donors (Lipinski definition) is 1. The third-order valence-electron chi connectivity index (χ3n) is 3.85. The molecule has 1 N–H and O–H groups in total. The Morgan fingerprint density at radius 1 is 1.23 bits per heavy atom. The van der Waals surface area contributed by atoms with Crippen LogP contribution in [0.5, 0.6) is 11.5 Å². The van der Waals surface area contributed by atoms with Gasteiger partial charge in [0, 0.05) is 12.2 Å². The molecule has 0 atom stereocenters. The van der Waals surface area contributed by atoms with Gasteiger partial charge >= 0.3 is 0 Å². The molecule has 3 rings (SSSR count). The van der Waals surface area contributed by atoms with E-state index in [1.54, 1.807) is 23.1 Å². The van der Waals surface area contributed by atoms with Crippen molar-refractivity contribution in [2.45, 2.75) is 6.42 Å². The van der Waals surface area contributed by atoms with Crippen LogP contribution < -0.4 is 19.7 Å². The molecule has 0 fully saturated rings. The molecule has 0 saturated heterocycles. The quantitative estimate of drug-likeness (QED) is 0.597. The van der Waals surface area contributed by atoms with E-state index in [0.717, 1.165) is 5.75 Å². The van der Waals surface area contributed by atoms with E-state index < -0.39 is 0 Å². The van der Waals surface area contributed by atoms with E-state index in [1.165, 1.54) is 0 Å². The van der Waals surface area contributed by atoms with Gasteiger partial charge in [0.1, 0.15) is 17.4 Å². The van der Waals surface area contributed by atoms with E-state index in [2.05, 4.69) is 5.32 Å². The molecular weight excluding hydrogens is 356 g/mol. The fraction of sp³-hybridized carbons (Fsp3) is 0.263. The number of ether oxygens (including phenoxy) is 2. The molecule has 7 heteroatoms. The maximum absolute atomic E-state index is 12.3. The van der Waals surface area contributed by atoms with Crippen LogP contribution in [0.25, 0.3) is 0 Å². The molecule has 1 heterocycles. The van der Waals surface area contributed by atoms with Crippen molar-refractivity contribution in [1.29, 1.82) is 0 Å². The summed E-state index contributed by atoms with van der Waals surface area (Å²) < 4.78 is 11.1. The molecule has 0 spiro atoms. The van der Waals surface area contributed by atoms with Crippen molar-refractivity contribution in [3.8, 4) is 11.5 Å². The van der Waals surface area contributed by atoms with Gasteiger partial charge in [-0.15, -0.1) is 11.6 Å². The van der Waals surface area contributed by atoms with Crippen molar-refractivity contribution in [3.63, 3.8) is 0 Å². The first-order valence-electron chi connectivity index (χ1n) is 8.28. The Labute approximate surface area is 156 Å². The molecule has 0 radical (unpaired) electrons. The van der Waals surface area contributed by atoms with E-state index in [-0.39, 0.29) is 24.3 Å². The third-order valence-corrected chi connectivity index (χ3v) is 4.09. The Morgan fingerprint density at radius 3 is 2.81 bits per heavy atom. The number of hydrogen-bond acceptors (Lipinski definition) is 4. The Hall–Kier alpha value is -2.73. The van der Waals surface area contributed by atoms with Crippen LogP contribution in [0.1, 0.15) is 6.42 Å². The monoisotopic (exact) mass is 374 g/mol. The molecule has 2 amide bonds. The van der Waals surface area contributed by atoms with Crippen LogP contribution in [0.4, 0.5) is 11.4 Å². The molecule has 0 aromatic heterocycles. The first-order chi connectivity index (χ1) is 12.7. The Bertz CT molecular complexity index is 782. The molecule has 0 aliphatic carbocycles. The highest BCUT2D eigenvalue weighted by molar-refractivity contribution is 6.29. The molecule has 26 heavy (non-hydrogen) atoms. The number of rotatable bonds is 7. The highest BCUT2D eigenvalue weighted by Crippen LogP contribution is 2.34. The summed E-state index contributed by atoms with van der Waals surface area (Å²) in [7, 11) is 0. The van der Waals surface area contributed by atoms with Crippen LogP contribution in [0, 0.1) is 0 Å². The number of carbonyl (C=O) groups is 2. The largest absolute Gasteiger partial charge is 0.494 e. The summed E-state index contributed by atoms with van der Waals surface area (Å²) in [4.78, 5) is 25.4. The van der Waals surface area contributed by atoms with Crippen molar-refractivity contribution in [1.82, 2.24) is 0 Å². The lowest BCUT2D eigenvalue weighted by molar-refractivity contribution is -0.121. The van der Waals surface area contributed by atoms with E-state index in [9.17, 15) is 9.59 Å². The lowest BCUT2D eigenvalue weighted by atomic mass is 10.2. The van der Waals surface area contributed by atoms with E-state index in [0.29, 0.717) is 36.7 Å². The number of amides is 2. The second-order valence-electron chi connectivity index (χ2n) is 5.71. The second-order valence-corrected chi connectivity index (χ2v) is 5.98. The molecular formula is C19H19ClN2O4. The lowest BCUT2D eigenvalue weighted by Gasteiger charge is -2.29. The van der Waals surface area contributed by atoms with Gasteiger partial charge in [0.2, 0.25) is 5.91 Å². The zero-order chi connectivity index (χ0) is 18.4. The minimum Gasteiger partial charge on any atom is -0.494 e. The van der Waals surface area contributed by atoms with Crippen LogP contribution in [0.3, 0.4) is 0 Å². The van der Waals surface area contributed by atoms with E-state index in [1.807, 2.05) is 30.3 Å². The summed E-state index contributed by atoms with van der Waals surface area (Å²) in [5.41, 5.74) is 1.20. The standard InChI is InChI=1S/C19H19ClN2O4/c20-12-18(23)21-14-7-8-17-16(11-14)22(19(24)13-26-17)9-4-10-25-15-5-2-1-3-6-15/h1-3,5-8,11H,4,9-10,12-13H2,(H,21,23). The number of para-hydroxylation sites is 1. The van der Waals surface area contributed by atoms with Crippen LogP contribution in [-0.2, 0) is 9.59 Å². The van der Waals surface area contributed by atoms with Crippen molar-refractivity contribution in [3.05, 3.63) is 48.5 Å². The fourth-order valence-electron chi connectivity index (χ4n) is 2.65. The number of halogens is 1. The number of anilines is 2. The number of nitrogens with one attached hydrogen (secondary N) is 1. The Morgan fingerprint density at radius 2 is 2.04 bits per heavy atom. The first kappa shape index (κ1) is 18.1. The average Bonchev–Trinajstić information content (AvgIpc) is 2.67. The summed E-state index contributed by atoms with van der Waals surface area (Å²) in [6.07, 6.45) is 0.665. The summed E-state index contributed by atoms with van der Waals surface area (Å²) in [6.45, 7) is 0.988. The minimum absolute atomic E-state index is 0.0000712. The normalized spacial score (nSPS) is 13.0. The lowest BCUT2D eigenvalue weighted by Crippen LogP contribution is -2.39. The molecule has 2 aromatic carbocycles. The predicted molar refractivity (Wildman–Crippen MR) is 100 cm³/mol. The molecule has 6 nitrogen and oxygen atoms in total. The van der Waals surface area contributed by atoms with Crippen LogP contribution in [0.2, 0.25) is 0 Å². The van der Waals surface area contributed by atoms with Gasteiger partial charge in [0.15, 0.2) is 6.61 Å². The molecule has 0 unspecified atom stereocenters. The molecule has 2 aromatic rings.